The van der Waals surface area contributed by atoms with E-state index in [4.69, 9.17) is 10.9 Å². The Morgan fingerprint density at radius 1 is 1.31 bits per heavy atom. The summed E-state index contributed by atoms with van der Waals surface area (Å²) in [7, 11) is 0. The second-order valence-corrected chi connectivity index (χ2v) is 2.60. The van der Waals surface area contributed by atoms with Crippen LogP contribution in [0.5, 0.6) is 0 Å². The molecule has 0 aliphatic carbocycles. The summed E-state index contributed by atoms with van der Waals surface area (Å²) in [5.74, 6) is 4.14. The Balaban J connectivity index is 3.00. The Kier molecular flexibility index (Phi) is 2.64. The largest absolute Gasteiger partial charge is 0.478 e. The fourth-order valence-electron chi connectivity index (χ4n) is 0.929. The topological polar surface area (TPSA) is 75.7 Å². The Hall–Kier alpha value is -1.84. The van der Waals surface area contributed by atoms with E-state index in [2.05, 4.69) is 5.10 Å². The van der Waals surface area contributed by atoms with Gasteiger partial charge in [-0.3, -0.25) is 0 Å². The van der Waals surface area contributed by atoms with E-state index in [1.165, 1.54) is 12.1 Å². The summed E-state index contributed by atoms with van der Waals surface area (Å²) in [6.45, 7) is 1.76. The van der Waals surface area contributed by atoms with Gasteiger partial charge in [-0.25, -0.2) is 4.79 Å². The lowest BCUT2D eigenvalue weighted by molar-refractivity contribution is 0.0697. The number of hydrazone groups is 1. The zero-order chi connectivity index (χ0) is 9.84. The summed E-state index contributed by atoms with van der Waals surface area (Å²) in [6.07, 6.45) is 0. The van der Waals surface area contributed by atoms with Crippen molar-refractivity contribution in [2.24, 2.45) is 10.9 Å². The van der Waals surface area contributed by atoms with Gasteiger partial charge in [0.2, 0.25) is 0 Å². The Morgan fingerprint density at radius 3 is 2.15 bits per heavy atom. The highest BCUT2D eigenvalue weighted by atomic mass is 16.4. The molecule has 4 heteroatoms. The predicted octanol–water partition coefficient (Wildman–Crippen LogP) is 1.07. The number of benzene rings is 1. The Bertz CT molecular complexity index is 341. The van der Waals surface area contributed by atoms with Crippen molar-refractivity contribution in [1.29, 1.82) is 0 Å². The SMILES string of the molecule is C/C(=N\N)c1ccc(C(=O)O)cc1. The molecule has 0 unspecified atom stereocenters. The van der Waals surface area contributed by atoms with Crippen molar-refractivity contribution in [3.05, 3.63) is 35.4 Å². The molecule has 0 heterocycles. The van der Waals surface area contributed by atoms with E-state index in [1.807, 2.05) is 0 Å². The van der Waals surface area contributed by atoms with E-state index in [0.29, 0.717) is 5.71 Å². The molecule has 1 aromatic rings. The molecule has 0 atom stereocenters. The molecule has 1 rings (SSSR count). The minimum atomic E-state index is -0.936. The molecule has 4 nitrogen and oxygen atoms in total. The Morgan fingerprint density at radius 2 is 1.77 bits per heavy atom. The minimum Gasteiger partial charge on any atom is -0.478 e. The van der Waals surface area contributed by atoms with Gasteiger partial charge in [-0.1, -0.05) is 12.1 Å². The molecule has 0 aromatic heterocycles. The molecule has 68 valence electrons. The van der Waals surface area contributed by atoms with Gasteiger partial charge in [0, 0.05) is 0 Å². The number of carboxylic acids is 1. The number of nitrogens with two attached hydrogens (primary N) is 1. The molecular weight excluding hydrogens is 168 g/mol. The van der Waals surface area contributed by atoms with Gasteiger partial charge in [-0.05, 0) is 24.6 Å². The Labute approximate surface area is 75.7 Å². The van der Waals surface area contributed by atoms with E-state index in [1.54, 1.807) is 19.1 Å². The van der Waals surface area contributed by atoms with Gasteiger partial charge in [-0.2, -0.15) is 5.10 Å². The average Bonchev–Trinajstić information content (AvgIpc) is 2.17. The van der Waals surface area contributed by atoms with Crippen LogP contribution >= 0.6 is 0 Å². The van der Waals surface area contributed by atoms with Crippen LogP contribution in [-0.2, 0) is 0 Å². The van der Waals surface area contributed by atoms with Crippen LogP contribution in [0.25, 0.3) is 0 Å². The molecule has 0 amide bonds. The zero-order valence-corrected chi connectivity index (χ0v) is 7.19. The summed E-state index contributed by atoms with van der Waals surface area (Å²) >= 11 is 0. The fourth-order valence-corrected chi connectivity index (χ4v) is 0.929. The molecular formula is C9H10N2O2. The van der Waals surface area contributed by atoms with E-state index in [-0.39, 0.29) is 5.56 Å². The molecule has 0 aliphatic rings. The quantitative estimate of drug-likeness (QED) is 0.404. The van der Waals surface area contributed by atoms with Crippen molar-refractivity contribution in [3.63, 3.8) is 0 Å². The highest BCUT2D eigenvalue weighted by Gasteiger charge is 2.02. The summed E-state index contributed by atoms with van der Waals surface area (Å²) in [5, 5.41) is 12.1. The maximum atomic E-state index is 10.5. The van der Waals surface area contributed by atoms with Crippen molar-refractivity contribution < 1.29 is 9.90 Å². The number of hydrogen-bond donors (Lipinski definition) is 2. The van der Waals surface area contributed by atoms with Gasteiger partial charge in [-0.15, -0.1) is 0 Å². The lowest BCUT2D eigenvalue weighted by Crippen LogP contribution is -2.00. The van der Waals surface area contributed by atoms with E-state index < -0.39 is 5.97 Å². The van der Waals surface area contributed by atoms with E-state index >= 15 is 0 Å². The van der Waals surface area contributed by atoms with Gasteiger partial charge >= 0.3 is 5.97 Å². The third kappa shape index (κ3) is 2.05. The molecule has 1 aromatic carbocycles. The lowest BCUT2D eigenvalue weighted by atomic mass is 10.1. The number of carboxylic acid groups (broad SMARTS) is 1. The molecule has 0 aliphatic heterocycles. The molecule has 0 radical (unpaired) electrons. The standard InChI is InChI=1S/C9H10N2O2/c1-6(11-10)7-2-4-8(5-3-7)9(12)13/h2-5H,10H2,1H3,(H,12,13)/b11-6+. The summed E-state index contributed by atoms with van der Waals surface area (Å²) < 4.78 is 0. The van der Waals surface area contributed by atoms with Gasteiger partial charge < -0.3 is 10.9 Å². The molecule has 3 N–H and O–H groups in total. The zero-order valence-electron chi connectivity index (χ0n) is 7.19. The van der Waals surface area contributed by atoms with Crippen LogP contribution in [0.2, 0.25) is 0 Å². The van der Waals surface area contributed by atoms with Crippen LogP contribution in [0.1, 0.15) is 22.8 Å². The van der Waals surface area contributed by atoms with Crippen LogP contribution in [0.3, 0.4) is 0 Å². The van der Waals surface area contributed by atoms with Crippen molar-refractivity contribution in [3.8, 4) is 0 Å². The highest BCUT2D eigenvalue weighted by Crippen LogP contribution is 2.05. The van der Waals surface area contributed by atoms with Crippen LogP contribution in [0.15, 0.2) is 29.4 Å². The summed E-state index contributed by atoms with van der Waals surface area (Å²) in [4.78, 5) is 10.5. The van der Waals surface area contributed by atoms with Gasteiger partial charge in [0.1, 0.15) is 0 Å². The molecule has 13 heavy (non-hydrogen) atoms. The molecule has 0 spiro atoms. The number of rotatable bonds is 2. The smallest absolute Gasteiger partial charge is 0.335 e. The minimum absolute atomic E-state index is 0.258. The van der Waals surface area contributed by atoms with Crippen LogP contribution in [-0.4, -0.2) is 16.8 Å². The van der Waals surface area contributed by atoms with Crippen molar-refractivity contribution in [2.45, 2.75) is 6.92 Å². The lowest BCUT2D eigenvalue weighted by Gasteiger charge is -1.99. The van der Waals surface area contributed by atoms with Gasteiger partial charge in [0.05, 0.1) is 11.3 Å². The van der Waals surface area contributed by atoms with Crippen molar-refractivity contribution >= 4 is 11.7 Å². The van der Waals surface area contributed by atoms with E-state index in [0.717, 1.165) is 5.56 Å². The van der Waals surface area contributed by atoms with Crippen LogP contribution in [0, 0.1) is 0 Å². The molecule has 0 fully saturated rings. The first-order valence-corrected chi connectivity index (χ1v) is 3.73. The fraction of sp³-hybridized carbons (Fsp3) is 0.111. The first-order chi connectivity index (χ1) is 6.15. The van der Waals surface area contributed by atoms with Crippen molar-refractivity contribution in [1.82, 2.24) is 0 Å². The van der Waals surface area contributed by atoms with Crippen LogP contribution < -0.4 is 5.84 Å². The highest BCUT2D eigenvalue weighted by molar-refractivity contribution is 5.99. The predicted molar refractivity (Wildman–Crippen MR) is 49.8 cm³/mol. The van der Waals surface area contributed by atoms with Gasteiger partial charge in [0.25, 0.3) is 0 Å². The molecule has 0 bridgehead atoms. The number of nitrogens with zero attached hydrogens (tertiary/aromatic N) is 1. The summed E-state index contributed by atoms with van der Waals surface area (Å²) in [5.41, 5.74) is 1.76. The first kappa shape index (κ1) is 9.25. The molecule has 0 saturated heterocycles. The maximum absolute atomic E-state index is 10.5. The maximum Gasteiger partial charge on any atom is 0.335 e. The van der Waals surface area contributed by atoms with Crippen molar-refractivity contribution in [2.75, 3.05) is 0 Å². The second kappa shape index (κ2) is 3.71. The van der Waals surface area contributed by atoms with Gasteiger partial charge in [0.15, 0.2) is 0 Å². The number of hydrogen-bond acceptors (Lipinski definition) is 3. The molecule has 0 saturated carbocycles. The second-order valence-electron chi connectivity index (χ2n) is 2.60. The third-order valence-electron chi connectivity index (χ3n) is 1.74. The average molecular weight is 178 g/mol. The number of carbonyl (C=O) groups is 1. The first-order valence-electron chi connectivity index (χ1n) is 3.73. The van der Waals surface area contributed by atoms with E-state index in [9.17, 15) is 4.79 Å². The number of aromatic carboxylic acids is 1. The van der Waals surface area contributed by atoms with Crippen LogP contribution in [0.4, 0.5) is 0 Å². The monoisotopic (exact) mass is 178 g/mol. The third-order valence-corrected chi connectivity index (χ3v) is 1.74. The normalized spacial score (nSPS) is 11.3. The summed E-state index contributed by atoms with van der Waals surface area (Å²) in [6, 6.07) is 6.39.